The minimum atomic E-state index is -3.89. The third kappa shape index (κ3) is 4.17. The molecular formula is C17H16FN3O3S2. The molecule has 0 aliphatic carbocycles. The van der Waals surface area contributed by atoms with Gasteiger partial charge in [0.25, 0.3) is 0 Å². The van der Waals surface area contributed by atoms with Crippen LogP contribution in [-0.4, -0.2) is 25.5 Å². The van der Waals surface area contributed by atoms with E-state index in [1.807, 2.05) is 17.5 Å². The topological polar surface area (TPSA) is 81.2 Å². The second kappa shape index (κ2) is 7.38. The van der Waals surface area contributed by atoms with Gasteiger partial charge in [0.1, 0.15) is 11.4 Å². The van der Waals surface area contributed by atoms with Gasteiger partial charge in [-0.05, 0) is 41.6 Å². The van der Waals surface area contributed by atoms with Crippen molar-refractivity contribution < 1.29 is 17.5 Å². The molecule has 0 amide bonds. The van der Waals surface area contributed by atoms with Crippen LogP contribution < -0.4 is 9.46 Å². The summed E-state index contributed by atoms with van der Waals surface area (Å²) in [7, 11) is -2.42. The molecule has 0 radical (unpaired) electrons. The highest BCUT2D eigenvalue weighted by Gasteiger charge is 2.18. The third-order valence-corrected chi connectivity index (χ3v) is 5.69. The van der Waals surface area contributed by atoms with E-state index >= 15 is 0 Å². The van der Waals surface area contributed by atoms with Crippen LogP contribution in [-0.2, 0) is 15.8 Å². The quantitative estimate of drug-likeness (QED) is 0.647. The summed E-state index contributed by atoms with van der Waals surface area (Å²) in [4.78, 5) is 8.63. The molecule has 3 heterocycles. The normalized spacial score (nSPS) is 11.3. The number of nitrogens with one attached hydrogen (secondary N) is 1. The van der Waals surface area contributed by atoms with Gasteiger partial charge in [-0.15, -0.1) is 11.3 Å². The molecule has 26 heavy (non-hydrogen) atoms. The molecule has 3 aromatic rings. The number of pyridine rings is 2. The number of hydrogen-bond donors (Lipinski definition) is 1. The number of aryl methyl sites for hydroxylation is 1. The Bertz CT molecular complexity index is 1000. The Kier molecular flexibility index (Phi) is 5.19. The molecule has 3 rings (SSSR count). The van der Waals surface area contributed by atoms with Crippen LogP contribution >= 0.6 is 11.3 Å². The third-order valence-electron chi connectivity index (χ3n) is 3.58. The van der Waals surface area contributed by atoms with Crippen LogP contribution in [0.4, 0.5) is 10.1 Å². The number of sulfonamides is 1. The van der Waals surface area contributed by atoms with Gasteiger partial charge in [0, 0.05) is 17.1 Å². The lowest BCUT2D eigenvalue weighted by atomic mass is 10.2. The number of anilines is 1. The standard InChI is InChI=1S/C17H16FN3O3S2/c1-11-5-6-19-17(18)16(11)21-26(22,23)10-13-8-12(9-15(20-13)24-2)14-4-3-7-25-14/h3-9,21H,10H2,1-2H3. The number of ether oxygens (including phenoxy) is 1. The summed E-state index contributed by atoms with van der Waals surface area (Å²) >= 11 is 1.52. The summed E-state index contributed by atoms with van der Waals surface area (Å²) in [5.74, 6) is -0.979. The van der Waals surface area contributed by atoms with E-state index in [1.165, 1.54) is 30.7 Å². The highest BCUT2D eigenvalue weighted by Crippen LogP contribution is 2.28. The average Bonchev–Trinajstić information content (AvgIpc) is 3.12. The fourth-order valence-corrected chi connectivity index (χ4v) is 4.24. The van der Waals surface area contributed by atoms with E-state index in [-0.39, 0.29) is 5.69 Å². The monoisotopic (exact) mass is 393 g/mol. The Morgan fingerprint density at radius 3 is 2.77 bits per heavy atom. The van der Waals surface area contributed by atoms with E-state index in [2.05, 4.69) is 14.7 Å². The minimum absolute atomic E-state index is 0.158. The molecule has 0 bridgehead atoms. The molecule has 1 N–H and O–H groups in total. The number of hydrogen-bond acceptors (Lipinski definition) is 6. The fraction of sp³-hybridized carbons (Fsp3) is 0.176. The molecule has 0 saturated heterocycles. The van der Waals surface area contributed by atoms with Gasteiger partial charge in [0.05, 0.1) is 12.8 Å². The lowest BCUT2D eigenvalue weighted by Gasteiger charge is -2.12. The molecule has 136 valence electrons. The van der Waals surface area contributed by atoms with Crippen LogP contribution in [0.3, 0.4) is 0 Å². The van der Waals surface area contributed by atoms with Crippen molar-refractivity contribution in [1.29, 1.82) is 0 Å². The van der Waals surface area contributed by atoms with E-state index in [4.69, 9.17) is 4.74 Å². The molecule has 0 atom stereocenters. The van der Waals surface area contributed by atoms with Crippen molar-refractivity contribution in [3.63, 3.8) is 0 Å². The van der Waals surface area contributed by atoms with Gasteiger partial charge in [0.15, 0.2) is 0 Å². The predicted octanol–water partition coefficient (Wildman–Crippen LogP) is 3.60. The van der Waals surface area contributed by atoms with Gasteiger partial charge in [-0.1, -0.05) is 6.07 Å². The molecule has 0 aliphatic rings. The second-order valence-electron chi connectivity index (χ2n) is 5.52. The first-order chi connectivity index (χ1) is 12.4. The molecule has 0 fully saturated rings. The van der Waals surface area contributed by atoms with Crippen molar-refractivity contribution in [2.75, 3.05) is 11.8 Å². The maximum Gasteiger partial charge on any atom is 0.238 e. The van der Waals surface area contributed by atoms with E-state index in [0.717, 1.165) is 10.4 Å². The van der Waals surface area contributed by atoms with Crippen molar-refractivity contribution >= 4 is 27.0 Å². The van der Waals surface area contributed by atoms with Crippen LogP contribution in [0.2, 0.25) is 0 Å². The van der Waals surface area contributed by atoms with Crippen molar-refractivity contribution in [2.24, 2.45) is 0 Å². The molecule has 9 heteroatoms. The first-order valence-corrected chi connectivity index (χ1v) is 10.1. The Balaban J connectivity index is 1.91. The van der Waals surface area contributed by atoms with E-state index in [0.29, 0.717) is 17.1 Å². The summed E-state index contributed by atoms with van der Waals surface area (Å²) in [5, 5.41) is 1.92. The number of nitrogens with zero attached hydrogens (tertiary/aromatic N) is 2. The maximum atomic E-state index is 13.8. The summed E-state index contributed by atoms with van der Waals surface area (Å²) in [6.45, 7) is 1.60. The molecule has 0 saturated carbocycles. The number of thiophene rings is 1. The molecule has 3 aromatic heterocycles. The molecule has 0 spiro atoms. The average molecular weight is 393 g/mol. The first-order valence-electron chi connectivity index (χ1n) is 7.58. The molecule has 0 aliphatic heterocycles. The van der Waals surface area contributed by atoms with Crippen molar-refractivity contribution in [3.8, 4) is 16.3 Å². The smallest absolute Gasteiger partial charge is 0.238 e. The first kappa shape index (κ1) is 18.3. The van der Waals surface area contributed by atoms with Crippen molar-refractivity contribution in [2.45, 2.75) is 12.7 Å². The Morgan fingerprint density at radius 1 is 1.31 bits per heavy atom. The summed E-state index contributed by atoms with van der Waals surface area (Å²) < 4.78 is 46.2. The van der Waals surface area contributed by atoms with Crippen LogP contribution in [0, 0.1) is 12.9 Å². The Hall–Kier alpha value is -2.52. The number of methoxy groups -OCH3 is 1. The van der Waals surface area contributed by atoms with Gasteiger partial charge in [-0.3, -0.25) is 4.72 Å². The molecule has 0 unspecified atom stereocenters. The van der Waals surface area contributed by atoms with E-state index in [9.17, 15) is 12.8 Å². The highest BCUT2D eigenvalue weighted by molar-refractivity contribution is 7.91. The predicted molar refractivity (Wildman–Crippen MR) is 99.3 cm³/mol. The Labute approximate surface area is 154 Å². The number of aromatic nitrogens is 2. The van der Waals surface area contributed by atoms with Gasteiger partial charge in [-0.2, -0.15) is 4.39 Å². The molecular weight excluding hydrogens is 377 g/mol. The van der Waals surface area contributed by atoms with Gasteiger partial charge < -0.3 is 4.74 Å². The van der Waals surface area contributed by atoms with E-state index in [1.54, 1.807) is 19.1 Å². The zero-order chi connectivity index (χ0) is 18.7. The minimum Gasteiger partial charge on any atom is -0.481 e. The lowest BCUT2D eigenvalue weighted by molar-refractivity contribution is 0.397. The van der Waals surface area contributed by atoms with Gasteiger partial charge >= 0.3 is 0 Å². The number of rotatable bonds is 6. The van der Waals surface area contributed by atoms with E-state index < -0.39 is 21.7 Å². The highest BCUT2D eigenvalue weighted by atomic mass is 32.2. The Morgan fingerprint density at radius 2 is 2.12 bits per heavy atom. The summed E-state index contributed by atoms with van der Waals surface area (Å²) in [6, 6.07) is 8.77. The van der Waals surface area contributed by atoms with Gasteiger partial charge in [-0.25, -0.2) is 18.4 Å². The van der Waals surface area contributed by atoms with Crippen LogP contribution in [0.5, 0.6) is 5.88 Å². The molecule has 6 nitrogen and oxygen atoms in total. The van der Waals surface area contributed by atoms with Crippen LogP contribution in [0.15, 0.2) is 41.9 Å². The maximum absolute atomic E-state index is 13.8. The summed E-state index contributed by atoms with van der Waals surface area (Å²) in [5.41, 5.74) is 1.39. The number of halogens is 1. The zero-order valence-electron chi connectivity index (χ0n) is 14.1. The molecule has 0 aromatic carbocycles. The zero-order valence-corrected chi connectivity index (χ0v) is 15.7. The largest absolute Gasteiger partial charge is 0.481 e. The fourth-order valence-electron chi connectivity index (χ4n) is 2.36. The van der Waals surface area contributed by atoms with Crippen molar-refractivity contribution in [1.82, 2.24) is 9.97 Å². The van der Waals surface area contributed by atoms with Crippen LogP contribution in [0.25, 0.3) is 10.4 Å². The summed E-state index contributed by atoms with van der Waals surface area (Å²) in [6.07, 6.45) is 1.28. The SMILES string of the molecule is COc1cc(-c2cccs2)cc(CS(=O)(=O)Nc2c(C)ccnc2F)n1. The van der Waals surface area contributed by atoms with Crippen molar-refractivity contribution in [3.05, 3.63) is 59.1 Å². The second-order valence-corrected chi connectivity index (χ2v) is 8.19. The lowest BCUT2D eigenvalue weighted by Crippen LogP contribution is -2.18. The van der Waals surface area contributed by atoms with Gasteiger partial charge in [0.2, 0.25) is 21.9 Å². The van der Waals surface area contributed by atoms with Crippen LogP contribution in [0.1, 0.15) is 11.3 Å².